The zero-order chi connectivity index (χ0) is 52.2. The molecule has 0 unspecified atom stereocenters. The van der Waals surface area contributed by atoms with Crippen molar-refractivity contribution in [3.8, 4) is 5.69 Å². The lowest BCUT2D eigenvalue weighted by atomic mass is 9.99. The monoisotopic (exact) mass is 1020 g/mol. The molecule has 0 fully saturated rings. The van der Waals surface area contributed by atoms with Gasteiger partial charge >= 0.3 is 0 Å². The van der Waals surface area contributed by atoms with Gasteiger partial charge in [0.15, 0.2) is 0 Å². The Morgan fingerprint density at radius 1 is 0.250 bits per heavy atom. The summed E-state index contributed by atoms with van der Waals surface area (Å²) >= 11 is 0. The minimum absolute atomic E-state index is 0.878. The molecule has 372 valence electrons. The van der Waals surface area contributed by atoms with Gasteiger partial charge in [-0.2, -0.15) is 0 Å². The van der Waals surface area contributed by atoms with Gasteiger partial charge in [-0.05, 0) is 167 Å². The molecule has 0 saturated heterocycles. The largest absolute Gasteiger partial charge is 0.456 e. The van der Waals surface area contributed by atoms with E-state index in [1.807, 2.05) is 24.3 Å². The molecule has 5 aromatic heterocycles. The van der Waals surface area contributed by atoms with Crippen molar-refractivity contribution < 1.29 is 8.83 Å². The molecule has 80 heavy (non-hydrogen) atoms. The first-order valence-electron chi connectivity index (χ1n) is 27.3. The molecule has 0 bridgehead atoms. The summed E-state index contributed by atoms with van der Waals surface area (Å²) in [6.07, 6.45) is 0. The van der Waals surface area contributed by atoms with Crippen LogP contribution in [0.5, 0.6) is 0 Å². The van der Waals surface area contributed by atoms with E-state index in [2.05, 4.69) is 261 Å². The van der Waals surface area contributed by atoms with Gasteiger partial charge in [-0.25, -0.2) is 0 Å². The van der Waals surface area contributed by atoms with E-state index in [9.17, 15) is 0 Å². The lowest BCUT2D eigenvalue weighted by Gasteiger charge is -2.26. The quantitative estimate of drug-likeness (QED) is 0.160. The Morgan fingerprint density at radius 2 is 0.700 bits per heavy atom. The van der Waals surface area contributed by atoms with Crippen LogP contribution in [0.15, 0.2) is 276 Å². The highest BCUT2D eigenvalue weighted by atomic mass is 16.3. The summed E-state index contributed by atoms with van der Waals surface area (Å²) in [7, 11) is 0. The number of benzene rings is 13. The Bertz CT molecular complexity index is 5560. The molecule has 0 saturated carbocycles. The Kier molecular flexibility index (Phi) is 8.85. The number of para-hydroxylation sites is 6. The first kappa shape index (κ1) is 43.3. The van der Waals surface area contributed by atoms with Crippen LogP contribution in [0.1, 0.15) is 0 Å². The third-order valence-electron chi connectivity index (χ3n) is 16.9. The number of fused-ring (bicyclic) bond motifs is 18. The molecule has 13 aromatic carbocycles. The predicted octanol–water partition coefficient (Wildman–Crippen LogP) is 21.0. The van der Waals surface area contributed by atoms with E-state index in [-0.39, 0.29) is 0 Å². The fourth-order valence-electron chi connectivity index (χ4n) is 13.4. The van der Waals surface area contributed by atoms with Crippen molar-refractivity contribution in [2.45, 2.75) is 0 Å². The van der Waals surface area contributed by atoms with Crippen LogP contribution in [0.4, 0.5) is 34.1 Å². The minimum Gasteiger partial charge on any atom is -0.456 e. The highest BCUT2D eigenvalue weighted by Gasteiger charge is 2.26. The van der Waals surface area contributed by atoms with Gasteiger partial charge in [-0.15, -0.1) is 0 Å². The molecule has 0 radical (unpaired) electrons. The number of rotatable bonds is 7. The highest BCUT2D eigenvalue weighted by Crippen LogP contribution is 2.49. The number of aromatic nitrogens is 2. The maximum atomic E-state index is 6.31. The zero-order valence-corrected chi connectivity index (χ0v) is 43.0. The Morgan fingerprint density at radius 3 is 1.29 bits per heavy atom. The lowest BCUT2D eigenvalue weighted by Crippen LogP contribution is -2.09. The molecule has 0 amide bonds. The summed E-state index contributed by atoms with van der Waals surface area (Å²) < 4.78 is 17.7. The molecular formula is C74H44N4O2. The van der Waals surface area contributed by atoms with Crippen LogP contribution in [0.2, 0.25) is 0 Å². The smallest absolute Gasteiger partial charge is 0.135 e. The molecule has 0 aliphatic heterocycles. The molecule has 0 aliphatic rings. The van der Waals surface area contributed by atoms with Gasteiger partial charge in [0.1, 0.15) is 22.3 Å². The lowest BCUT2D eigenvalue weighted by molar-refractivity contribution is 0.668. The Balaban J connectivity index is 0.888. The molecule has 0 atom stereocenters. The van der Waals surface area contributed by atoms with Gasteiger partial charge in [-0.1, -0.05) is 121 Å². The third kappa shape index (κ3) is 6.18. The van der Waals surface area contributed by atoms with Gasteiger partial charge in [0, 0.05) is 93.7 Å². The molecule has 6 nitrogen and oxygen atoms in total. The number of anilines is 6. The average Bonchev–Trinajstić information content (AvgIpc) is 4.46. The fourth-order valence-corrected chi connectivity index (χ4v) is 13.4. The second-order valence-electron chi connectivity index (χ2n) is 21.3. The molecule has 0 spiro atoms. The summed E-state index contributed by atoms with van der Waals surface area (Å²) in [5, 5.41) is 16.5. The van der Waals surface area contributed by atoms with E-state index in [0.717, 1.165) is 83.7 Å². The van der Waals surface area contributed by atoms with E-state index >= 15 is 0 Å². The number of furan rings is 2. The molecule has 0 N–H and O–H groups in total. The van der Waals surface area contributed by atoms with Crippen molar-refractivity contribution in [1.29, 1.82) is 0 Å². The zero-order valence-electron chi connectivity index (χ0n) is 43.0. The molecule has 0 aliphatic carbocycles. The standard InChI is InChI=1S/C74H44N4O2/c1-4-16-49(17-5-1)75(54-32-34-70-60(42-54)57-23-11-14-26-68(57)79-70)52-30-28-45-40-66-59(38-47(45)36-52)63-44-62-56-22-10-13-25-65(56)77(51-20-8-3-9-21-51)73(62)72-64-39-48-37-53(31-29-46(48)41-67(64)78(66)74(63)72)76(50-18-6-2-7-19-50)55-33-35-71-61(43-55)58-24-12-15-27-69(58)80-71/h1-44H. The minimum atomic E-state index is 0.878. The topological polar surface area (TPSA) is 42.1 Å². The second kappa shape index (κ2) is 16.4. The summed E-state index contributed by atoms with van der Waals surface area (Å²) in [5.74, 6) is 0. The van der Waals surface area contributed by atoms with Crippen LogP contribution in [0.25, 0.3) is 131 Å². The van der Waals surface area contributed by atoms with Crippen molar-refractivity contribution in [3.05, 3.63) is 267 Å². The van der Waals surface area contributed by atoms with Crippen LogP contribution >= 0.6 is 0 Å². The normalized spacial score (nSPS) is 12.2. The molecular weight excluding hydrogens is 977 g/mol. The van der Waals surface area contributed by atoms with E-state index in [1.54, 1.807) is 0 Å². The van der Waals surface area contributed by atoms with Crippen LogP contribution in [0, 0.1) is 0 Å². The second-order valence-corrected chi connectivity index (χ2v) is 21.3. The Labute approximate surface area is 457 Å². The van der Waals surface area contributed by atoms with Crippen molar-refractivity contribution in [3.63, 3.8) is 0 Å². The number of hydrogen-bond acceptors (Lipinski definition) is 4. The van der Waals surface area contributed by atoms with E-state index in [0.29, 0.717) is 0 Å². The third-order valence-corrected chi connectivity index (χ3v) is 16.9. The van der Waals surface area contributed by atoms with Crippen LogP contribution in [0.3, 0.4) is 0 Å². The van der Waals surface area contributed by atoms with Crippen molar-refractivity contribution in [1.82, 2.24) is 8.97 Å². The predicted molar refractivity (Wildman–Crippen MR) is 334 cm³/mol. The number of hydrogen-bond donors (Lipinski definition) is 0. The molecule has 5 heterocycles. The summed E-state index contributed by atoms with van der Waals surface area (Å²) in [4.78, 5) is 4.73. The van der Waals surface area contributed by atoms with Gasteiger partial charge in [0.2, 0.25) is 0 Å². The number of nitrogens with zero attached hydrogens (tertiary/aromatic N) is 4. The highest BCUT2D eigenvalue weighted by molar-refractivity contribution is 6.35. The fraction of sp³-hybridized carbons (Fsp3) is 0. The van der Waals surface area contributed by atoms with E-state index < -0.39 is 0 Å². The average molecular weight is 1020 g/mol. The SMILES string of the molecule is c1ccc(N(c2ccc3cc4c(cc3c2)c2cc3c5ccccc5n(-c5ccccc5)c3c3c5cc6cc(N(c7ccccc7)c7ccc8oc9ccccc9c8c7)ccc6cc5n4c23)c2ccc3oc4ccccc4c3c2)cc1. The van der Waals surface area contributed by atoms with Crippen molar-refractivity contribution >= 4 is 159 Å². The van der Waals surface area contributed by atoms with Crippen LogP contribution in [-0.4, -0.2) is 8.97 Å². The van der Waals surface area contributed by atoms with Gasteiger partial charge < -0.3 is 27.6 Å². The van der Waals surface area contributed by atoms with Gasteiger partial charge in [0.05, 0.1) is 27.6 Å². The first-order valence-corrected chi connectivity index (χ1v) is 27.3. The Hall–Kier alpha value is -10.8. The van der Waals surface area contributed by atoms with Crippen molar-refractivity contribution in [2.75, 3.05) is 9.80 Å². The van der Waals surface area contributed by atoms with Crippen LogP contribution < -0.4 is 9.80 Å². The van der Waals surface area contributed by atoms with Crippen molar-refractivity contribution in [2.24, 2.45) is 0 Å². The molecule has 6 heteroatoms. The van der Waals surface area contributed by atoms with E-state index in [4.69, 9.17) is 8.83 Å². The summed E-state index contributed by atoms with van der Waals surface area (Å²) in [5.41, 5.74) is 17.1. The maximum absolute atomic E-state index is 6.31. The summed E-state index contributed by atoms with van der Waals surface area (Å²) in [6, 6.07) is 97.0. The first-order chi connectivity index (χ1) is 39.6. The van der Waals surface area contributed by atoms with E-state index in [1.165, 1.54) is 81.4 Å². The molecule has 18 aromatic rings. The maximum Gasteiger partial charge on any atom is 0.135 e. The molecule has 18 rings (SSSR count). The summed E-state index contributed by atoms with van der Waals surface area (Å²) in [6.45, 7) is 0. The van der Waals surface area contributed by atoms with Gasteiger partial charge in [-0.3, -0.25) is 0 Å². The van der Waals surface area contributed by atoms with Crippen LogP contribution in [-0.2, 0) is 0 Å². The van der Waals surface area contributed by atoms with Gasteiger partial charge in [0.25, 0.3) is 0 Å².